The molecule has 8 heteroatoms. The summed E-state index contributed by atoms with van der Waals surface area (Å²) in [4.78, 5) is 4.65. The molecule has 0 amide bonds. The molecule has 1 saturated heterocycles. The van der Waals surface area contributed by atoms with Gasteiger partial charge in [0.05, 0.1) is 11.6 Å². The van der Waals surface area contributed by atoms with Gasteiger partial charge in [-0.25, -0.2) is 0 Å². The van der Waals surface area contributed by atoms with Gasteiger partial charge < -0.3 is 19.5 Å². The summed E-state index contributed by atoms with van der Waals surface area (Å²) < 4.78 is 11.8. The molecular formula is C20H27BrCl2N2O3. The molecule has 3 rings (SSSR count). The first-order valence-electron chi connectivity index (χ1n) is 8.82. The van der Waals surface area contributed by atoms with Crippen LogP contribution in [0.3, 0.4) is 0 Å². The third-order valence-electron chi connectivity index (χ3n) is 4.55. The van der Waals surface area contributed by atoms with Crippen molar-refractivity contribution in [2.75, 3.05) is 51.3 Å². The van der Waals surface area contributed by atoms with E-state index in [-0.39, 0.29) is 24.8 Å². The fourth-order valence-corrected chi connectivity index (χ4v) is 3.48. The van der Waals surface area contributed by atoms with Crippen molar-refractivity contribution in [3.05, 3.63) is 53.0 Å². The van der Waals surface area contributed by atoms with Crippen LogP contribution in [0.5, 0.6) is 11.5 Å². The van der Waals surface area contributed by atoms with Crippen molar-refractivity contribution in [1.82, 2.24) is 4.90 Å². The molecule has 1 N–H and O–H groups in total. The van der Waals surface area contributed by atoms with Crippen LogP contribution >= 0.6 is 40.7 Å². The van der Waals surface area contributed by atoms with E-state index >= 15 is 0 Å². The van der Waals surface area contributed by atoms with Crippen LogP contribution in [0.1, 0.15) is 0 Å². The summed E-state index contributed by atoms with van der Waals surface area (Å²) in [5, 5.41) is 10.3. The second-order valence-electron chi connectivity index (χ2n) is 6.38. The smallest absolute Gasteiger partial charge is 0.133 e. The number of aliphatic hydroxyl groups is 1. The van der Waals surface area contributed by atoms with Crippen molar-refractivity contribution in [2.24, 2.45) is 0 Å². The number of benzene rings is 2. The Morgan fingerprint density at radius 3 is 2.25 bits per heavy atom. The second-order valence-corrected chi connectivity index (χ2v) is 7.24. The van der Waals surface area contributed by atoms with E-state index in [0.29, 0.717) is 13.2 Å². The predicted molar refractivity (Wildman–Crippen MR) is 122 cm³/mol. The van der Waals surface area contributed by atoms with Crippen LogP contribution in [0.25, 0.3) is 0 Å². The summed E-state index contributed by atoms with van der Waals surface area (Å²) in [7, 11) is 1.68. The molecule has 1 unspecified atom stereocenters. The molecule has 156 valence electrons. The Hall–Kier alpha value is -1.18. The first-order chi connectivity index (χ1) is 12.7. The lowest BCUT2D eigenvalue weighted by Gasteiger charge is -2.36. The van der Waals surface area contributed by atoms with Gasteiger partial charge >= 0.3 is 0 Å². The van der Waals surface area contributed by atoms with E-state index in [1.807, 2.05) is 36.4 Å². The topological polar surface area (TPSA) is 45.2 Å². The molecule has 0 bridgehead atoms. The van der Waals surface area contributed by atoms with Crippen molar-refractivity contribution in [3.63, 3.8) is 0 Å². The van der Waals surface area contributed by atoms with E-state index in [4.69, 9.17) is 9.47 Å². The lowest BCUT2D eigenvalue weighted by molar-refractivity contribution is 0.0660. The molecule has 1 aliphatic rings. The summed E-state index contributed by atoms with van der Waals surface area (Å²) in [5.41, 5.74) is 1.21. The Balaban J connectivity index is 0.00000196. The maximum atomic E-state index is 10.3. The summed E-state index contributed by atoms with van der Waals surface area (Å²) >= 11 is 3.45. The number of piperazine rings is 1. The van der Waals surface area contributed by atoms with Crippen molar-refractivity contribution in [1.29, 1.82) is 0 Å². The van der Waals surface area contributed by atoms with E-state index in [9.17, 15) is 5.11 Å². The minimum Gasteiger partial charge on any atom is -0.497 e. The van der Waals surface area contributed by atoms with E-state index in [0.717, 1.165) is 42.2 Å². The standard InChI is InChI=1S/C20H25BrN2O3.2ClH/c1-25-18-8-6-16(7-9-18)23-12-10-22(11-13-23)14-17(24)15-26-20-5-3-2-4-19(20)21;;/h2-9,17,24H,10-15H2,1H3;2*1H. The number of ether oxygens (including phenoxy) is 2. The van der Waals surface area contributed by atoms with Crippen molar-refractivity contribution >= 4 is 46.4 Å². The molecule has 0 saturated carbocycles. The molecule has 1 aliphatic heterocycles. The van der Waals surface area contributed by atoms with Gasteiger partial charge in [0.25, 0.3) is 0 Å². The summed E-state index contributed by atoms with van der Waals surface area (Å²) in [6, 6.07) is 15.9. The highest BCUT2D eigenvalue weighted by Gasteiger charge is 2.20. The van der Waals surface area contributed by atoms with Crippen molar-refractivity contribution in [3.8, 4) is 11.5 Å². The predicted octanol–water partition coefficient (Wildman–Crippen LogP) is 3.86. The van der Waals surface area contributed by atoms with Crippen molar-refractivity contribution in [2.45, 2.75) is 6.10 Å². The fourth-order valence-electron chi connectivity index (χ4n) is 3.08. The monoisotopic (exact) mass is 492 g/mol. The zero-order valence-electron chi connectivity index (χ0n) is 15.8. The van der Waals surface area contributed by atoms with E-state index in [1.165, 1.54) is 5.69 Å². The largest absolute Gasteiger partial charge is 0.497 e. The van der Waals surface area contributed by atoms with Crippen LogP contribution in [0, 0.1) is 0 Å². The highest BCUT2D eigenvalue weighted by Crippen LogP contribution is 2.24. The van der Waals surface area contributed by atoms with Crippen LogP contribution in [0.15, 0.2) is 53.0 Å². The van der Waals surface area contributed by atoms with Gasteiger partial charge in [-0.05, 0) is 52.3 Å². The maximum Gasteiger partial charge on any atom is 0.133 e. The lowest BCUT2D eigenvalue weighted by Crippen LogP contribution is -2.49. The molecule has 0 aromatic heterocycles. The van der Waals surface area contributed by atoms with Gasteiger partial charge in [-0.15, -0.1) is 24.8 Å². The van der Waals surface area contributed by atoms with Crippen LogP contribution in [-0.2, 0) is 0 Å². The molecule has 2 aromatic rings. The van der Waals surface area contributed by atoms with E-state index in [2.05, 4.69) is 37.9 Å². The molecule has 1 atom stereocenters. The maximum absolute atomic E-state index is 10.3. The van der Waals surface area contributed by atoms with Gasteiger partial charge in [0.15, 0.2) is 0 Å². The average molecular weight is 494 g/mol. The highest BCUT2D eigenvalue weighted by atomic mass is 79.9. The highest BCUT2D eigenvalue weighted by molar-refractivity contribution is 9.10. The zero-order chi connectivity index (χ0) is 18.4. The Labute approximate surface area is 187 Å². The molecule has 1 fully saturated rings. The molecule has 0 radical (unpaired) electrons. The van der Waals surface area contributed by atoms with Crippen LogP contribution < -0.4 is 14.4 Å². The number of methoxy groups -OCH3 is 1. The number of para-hydroxylation sites is 1. The van der Waals surface area contributed by atoms with Crippen LogP contribution in [-0.4, -0.2) is 62.6 Å². The number of hydrogen-bond donors (Lipinski definition) is 1. The molecule has 5 nitrogen and oxygen atoms in total. The molecule has 0 aliphatic carbocycles. The molecule has 28 heavy (non-hydrogen) atoms. The molecule has 2 aromatic carbocycles. The quantitative estimate of drug-likeness (QED) is 0.634. The van der Waals surface area contributed by atoms with Gasteiger partial charge in [0.1, 0.15) is 24.2 Å². The van der Waals surface area contributed by atoms with E-state index in [1.54, 1.807) is 7.11 Å². The van der Waals surface area contributed by atoms with Crippen LogP contribution in [0.2, 0.25) is 0 Å². The normalized spacial score (nSPS) is 15.2. The van der Waals surface area contributed by atoms with Gasteiger partial charge in [0.2, 0.25) is 0 Å². The zero-order valence-corrected chi connectivity index (χ0v) is 19.0. The summed E-state index contributed by atoms with van der Waals surface area (Å²) in [6.45, 7) is 4.67. The third-order valence-corrected chi connectivity index (χ3v) is 5.20. The van der Waals surface area contributed by atoms with E-state index < -0.39 is 6.10 Å². The number of hydrogen-bond acceptors (Lipinski definition) is 5. The second kappa shape index (κ2) is 12.4. The Bertz CT molecular complexity index is 698. The lowest BCUT2D eigenvalue weighted by atomic mass is 10.2. The first kappa shape index (κ1) is 24.9. The number of rotatable bonds is 7. The van der Waals surface area contributed by atoms with Crippen LogP contribution in [0.4, 0.5) is 5.69 Å². The number of anilines is 1. The van der Waals surface area contributed by atoms with Gasteiger partial charge in [-0.1, -0.05) is 12.1 Å². The summed E-state index contributed by atoms with van der Waals surface area (Å²) in [5.74, 6) is 1.64. The molecular weight excluding hydrogens is 467 g/mol. The molecule has 0 spiro atoms. The SMILES string of the molecule is COc1ccc(N2CCN(CC(O)COc3ccccc3Br)CC2)cc1.Cl.Cl. The van der Waals surface area contributed by atoms with Gasteiger partial charge in [-0.2, -0.15) is 0 Å². The summed E-state index contributed by atoms with van der Waals surface area (Å²) in [6.07, 6.45) is -0.505. The number of β-amino-alcohol motifs (C(OH)–C–C–N with tert-alkyl or cyclic N) is 1. The Morgan fingerprint density at radius 2 is 1.64 bits per heavy atom. The minimum atomic E-state index is -0.505. The average Bonchev–Trinajstić information content (AvgIpc) is 2.68. The first-order valence-corrected chi connectivity index (χ1v) is 9.62. The number of nitrogens with zero attached hydrogens (tertiary/aromatic N) is 2. The van der Waals surface area contributed by atoms with Crippen molar-refractivity contribution < 1.29 is 14.6 Å². The Kier molecular flexibility index (Phi) is 11.0. The Morgan fingerprint density at radius 1 is 1.00 bits per heavy atom. The van der Waals surface area contributed by atoms with Gasteiger partial charge in [-0.3, -0.25) is 4.90 Å². The van der Waals surface area contributed by atoms with Gasteiger partial charge in [0, 0.05) is 38.4 Å². The molecule has 1 heterocycles. The third kappa shape index (κ3) is 7.01. The minimum absolute atomic E-state index is 0. The number of halogens is 3. The number of aliphatic hydroxyl groups excluding tert-OH is 1. The fraction of sp³-hybridized carbons (Fsp3) is 0.400.